The number of piperidine rings is 1. The van der Waals surface area contributed by atoms with Crippen molar-refractivity contribution in [1.82, 2.24) is 9.91 Å². The SMILES string of the molecule is CCOC(=O)C1CCCCN1CC(=O)N1N=C(c2ccc(OC)cc2OC)CC1c1ccccc1. The van der Waals surface area contributed by atoms with Gasteiger partial charge in [-0.05, 0) is 44.0 Å². The maximum Gasteiger partial charge on any atom is 0.323 e. The van der Waals surface area contributed by atoms with Gasteiger partial charge in [0.1, 0.15) is 17.5 Å². The second kappa shape index (κ2) is 11.4. The normalized spacial score (nSPS) is 20.3. The Morgan fingerprint density at radius 3 is 2.57 bits per heavy atom. The number of nitrogens with zero attached hydrogens (tertiary/aromatic N) is 3. The van der Waals surface area contributed by atoms with Gasteiger partial charge >= 0.3 is 5.97 Å². The molecule has 0 aromatic heterocycles. The fraction of sp³-hybridized carbons (Fsp3) is 0.444. The summed E-state index contributed by atoms with van der Waals surface area (Å²) in [6.45, 7) is 2.93. The van der Waals surface area contributed by atoms with Gasteiger partial charge in [-0.25, -0.2) is 5.01 Å². The van der Waals surface area contributed by atoms with Crippen molar-refractivity contribution < 1.29 is 23.8 Å². The van der Waals surface area contributed by atoms with Gasteiger partial charge in [0.2, 0.25) is 0 Å². The van der Waals surface area contributed by atoms with E-state index in [0.29, 0.717) is 37.5 Å². The van der Waals surface area contributed by atoms with Crippen LogP contribution in [0.25, 0.3) is 0 Å². The Bertz CT molecular complexity index is 1070. The number of amides is 1. The Balaban J connectivity index is 1.62. The highest BCUT2D eigenvalue weighted by Gasteiger charge is 2.37. The van der Waals surface area contributed by atoms with Crippen molar-refractivity contribution in [3.63, 3.8) is 0 Å². The number of carbonyl (C=O) groups is 2. The van der Waals surface area contributed by atoms with Crippen molar-refractivity contribution >= 4 is 17.6 Å². The van der Waals surface area contributed by atoms with E-state index in [-0.39, 0.29) is 24.5 Å². The number of hydrazone groups is 1. The molecule has 35 heavy (non-hydrogen) atoms. The summed E-state index contributed by atoms with van der Waals surface area (Å²) in [4.78, 5) is 28.1. The molecule has 2 unspecified atom stereocenters. The molecule has 0 aliphatic carbocycles. The molecule has 1 fully saturated rings. The molecule has 0 N–H and O–H groups in total. The number of hydrogen-bond donors (Lipinski definition) is 0. The maximum absolute atomic E-state index is 13.6. The Labute approximate surface area is 206 Å². The number of methoxy groups -OCH3 is 2. The second-order valence-electron chi connectivity index (χ2n) is 8.72. The van der Waals surface area contributed by atoms with Crippen molar-refractivity contribution in [2.75, 3.05) is 33.9 Å². The number of benzene rings is 2. The first-order chi connectivity index (χ1) is 17.0. The molecule has 0 bridgehead atoms. The first kappa shape index (κ1) is 24.7. The van der Waals surface area contributed by atoms with Gasteiger partial charge in [-0.3, -0.25) is 14.5 Å². The number of likely N-dealkylation sites (tertiary alicyclic amines) is 1. The standard InChI is InChI=1S/C27H33N3O5/c1-4-35-27(32)23-12-8-9-15-29(23)18-26(31)30-24(19-10-6-5-7-11-19)17-22(28-30)21-14-13-20(33-2)16-25(21)34-3/h5-7,10-11,13-14,16,23-24H,4,8-9,12,15,17-18H2,1-3H3. The van der Waals surface area contributed by atoms with E-state index in [1.165, 1.54) is 0 Å². The molecule has 8 nitrogen and oxygen atoms in total. The molecule has 0 radical (unpaired) electrons. The average molecular weight is 480 g/mol. The molecule has 2 heterocycles. The van der Waals surface area contributed by atoms with E-state index < -0.39 is 6.04 Å². The Kier molecular flexibility index (Phi) is 8.02. The lowest BCUT2D eigenvalue weighted by molar-refractivity contribution is -0.152. The summed E-state index contributed by atoms with van der Waals surface area (Å²) in [5.74, 6) is 0.931. The van der Waals surface area contributed by atoms with Crippen LogP contribution in [0.5, 0.6) is 11.5 Å². The molecular weight excluding hydrogens is 446 g/mol. The third-order valence-corrected chi connectivity index (χ3v) is 6.58. The highest BCUT2D eigenvalue weighted by Crippen LogP contribution is 2.36. The lowest BCUT2D eigenvalue weighted by Crippen LogP contribution is -2.49. The smallest absolute Gasteiger partial charge is 0.323 e. The van der Waals surface area contributed by atoms with E-state index in [0.717, 1.165) is 29.7 Å². The average Bonchev–Trinajstić information content (AvgIpc) is 3.35. The zero-order chi connectivity index (χ0) is 24.8. The van der Waals surface area contributed by atoms with Crippen LogP contribution in [-0.2, 0) is 14.3 Å². The van der Waals surface area contributed by atoms with E-state index in [4.69, 9.17) is 19.3 Å². The third-order valence-electron chi connectivity index (χ3n) is 6.58. The van der Waals surface area contributed by atoms with Crippen LogP contribution in [0.2, 0.25) is 0 Å². The van der Waals surface area contributed by atoms with E-state index in [9.17, 15) is 9.59 Å². The molecular formula is C27H33N3O5. The number of carbonyl (C=O) groups excluding carboxylic acids is 2. The molecule has 8 heteroatoms. The van der Waals surface area contributed by atoms with Crippen LogP contribution >= 0.6 is 0 Å². The summed E-state index contributed by atoms with van der Waals surface area (Å²) in [6, 6.07) is 14.9. The molecule has 1 amide bonds. The van der Waals surface area contributed by atoms with Crippen molar-refractivity contribution in [1.29, 1.82) is 0 Å². The first-order valence-electron chi connectivity index (χ1n) is 12.1. The summed E-state index contributed by atoms with van der Waals surface area (Å²) in [7, 11) is 3.22. The third kappa shape index (κ3) is 5.48. The number of ether oxygens (including phenoxy) is 3. The number of esters is 1. The Hall–Kier alpha value is -3.39. The van der Waals surface area contributed by atoms with Gasteiger partial charge < -0.3 is 14.2 Å². The van der Waals surface area contributed by atoms with Gasteiger partial charge in [-0.15, -0.1) is 0 Å². The minimum absolute atomic E-state index is 0.114. The van der Waals surface area contributed by atoms with Crippen molar-refractivity contribution in [3.05, 3.63) is 59.7 Å². The first-order valence-corrected chi connectivity index (χ1v) is 12.1. The monoisotopic (exact) mass is 479 g/mol. The quantitative estimate of drug-likeness (QED) is 0.536. The van der Waals surface area contributed by atoms with Crippen molar-refractivity contribution in [3.8, 4) is 11.5 Å². The molecule has 186 valence electrons. The zero-order valence-corrected chi connectivity index (χ0v) is 20.6. The van der Waals surface area contributed by atoms with Crippen LogP contribution in [0, 0.1) is 0 Å². The predicted molar refractivity (Wildman–Crippen MR) is 133 cm³/mol. The fourth-order valence-corrected chi connectivity index (χ4v) is 4.81. The van der Waals surface area contributed by atoms with Crippen molar-refractivity contribution in [2.45, 2.75) is 44.7 Å². The number of hydrogen-bond acceptors (Lipinski definition) is 7. The van der Waals surface area contributed by atoms with Crippen LogP contribution < -0.4 is 9.47 Å². The fourth-order valence-electron chi connectivity index (χ4n) is 4.81. The van der Waals surface area contributed by atoms with E-state index in [1.807, 2.05) is 53.4 Å². The van der Waals surface area contributed by atoms with Crippen LogP contribution in [0.4, 0.5) is 0 Å². The van der Waals surface area contributed by atoms with Gasteiger partial charge in [-0.2, -0.15) is 5.10 Å². The summed E-state index contributed by atoms with van der Waals surface area (Å²) in [5, 5.41) is 6.36. The Morgan fingerprint density at radius 1 is 1.06 bits per heavy atom. The predicted octanol–water partition coefficient (Wildman–Crippen LogP) is 3.80. The molecule has 1 saturated heterocycles. The topological polar surface area (TPSA) is 80.7 Å². The van der Waals surface area contributed by atoms with Crippen molar-refractivity contribution in [2.24, 2.45) is 5.10 Å². The zero-order valence-electron chi connectivity index (χ0n) is 20.6. The minimum Gasteiger partial charge on any atom is -0.497 e. The van der Waals surface area contributed by atoms with Gasteiger partial charge in [0, 0.05) is 18.1 Å². The van der Waals surface area contributed by atoms with Gasteiger partial charge in [0.05, 0.1) is 39.1 Å². The summed E-state index contributed by atoms with van der Waals surface area (Å²) in [5.41, 5.74) is 2.60. The second-order valence-corrected chi connectivity index (χ2v) is 8.72. The van der Waals surface area contributed by atoms with E-state index in [2.05, 4.69) is 0 Å². The van der Waals surface area contributed by atoms with E-state index >= 15 is 0 Å². The van der Waals surface area contributed by atoms with Crippen LogP contribution in [-0.4, -0.2) is 67.5 Å². The van der Waals surface area contributed by atoms with Crippen LogP contribution in [0.3, 0.4) is 0 Å². The largest absolute Gasteiger partial charge is 0.497 e. The lowest BCUT2D eigenvalue weighted by atomic mass is 9.97. The minimum atomic E-state index is -0.393. The van der Waals surface area contributed by atoms with Crippen LogP contribution in [0.15, 0.2) is 53.6 Å². The Morgan fingerprint density at radius 2 is 1.86 bits per heavy atom. The summed E-state index contributed by atoms with van der Waals surface area (Å²) >= 11 is 0. The van der Waals surface area contributed by atoms with Gasteiger partial charge in [0.15, 0.2) is 0 Å². The molecule has 0 spiro atoms. The summed E-state index contributed by atoms with van der Waals surface area (Å²) < 4.78 is 16.2. The molecule has 2 aromatic rings. The molecule has 2 aromatic carbocycles. The summed E-state index contributed by atoms with van der Waals surface area (Å²) in [6.07, 6.45) is 3.15. The molecule has 2 aliphatic rings. The maximum atomic E-state index is 13.6. The molecule has 4 rings (SSSR count). The lowest BCUT2D eigenvalue weighted by Gasteiger charge is -2.34. The highest BCUT2D eigenvalue weighted by atomic mass is 16.5. The molecule has 2 atom stereocenters. The van der Waals surface area contributed by atoms with Crippen LogP contribution in [0.1, 0.15) is 49.8 Å². The van der Waals surface area contributed by atoms with Gasteiger partial charge in [0.25, 0.3) is 5.91 Å². The highest BCUT2D eigenvalue weighted by molar-refractivity contribution is 6.05. The van der Waals surface area contributed by atoms with Gasteiger partial charge in [-0.1, -0.05) is 36.8 Å². The number of rotatable bonds is 8. The van der Waals surface area contributed by atoms with E-state index in [1.54, 1.807) is 26.2 Å². The molecule has 0 saturated carbocycles. The molecule has 2 aliphatic heterocycles.